The van der Waals surface area contributed by atoms with Gasteiger partial charge in [-0.2, -0.15) is 0 Å². The van der Waals surface area contributed by atoms with E-state index in [1.54, 1.807) is 18.4 Å². The molecule has 2 rings (SSSR count). The lowest BCUT2D eigenvalue weighted by atomic mass is 10.3. The van der Waals surface area contributed by atoms with Gasteiger partial charge in [-0.05, 0) is 30.7 Å². The van der Waals surface area contributed by atoms with Gasteiger partial charge in [0.25, 0.3) is 0 Å². The number of amides is 2. The molecule has 2 amide bonds. The van der Waals surface area contributed by atoms with Crippen molar-refractivity contribution in [3.8, 4) is 5.75 Å². The second kappa shape index (κ2) is 9.30. The predicted octanol–water partition coefficient (Wildman–Crippen LogP) is 1.87. The van der Waals surface area contributed by atoms with Crippen LogP contribution in [0.4, 0.5) is 0 Å². The van der Waals surface area contributed by atoms with Gasteiger partial charge in [-0.15, -0.1) is 0 Å². The maximum Gasteiger partial charge on any atom is 0.239 e. The summed E-state index contributed by atoms with van der Waals surface area (Å²) in [5.74, 6) is 1.03. The molecule has 6 nitrogen and oxygen atoms in total. The van der Waals surface area contributed by atoms with Gasteiger partial charge in [0.05, 0.1) is 26.0 Å². The van der Waals surface area contributed by atoms with Gasteiger partial charge in [0, 0.05) is 6.42 Å². The molecule has 0 saturated heterocycles. The van der Waals surface area contributed by atoms with Gasteiger partial charge in [0.2, 0.25) is 11.8 Å². The van der Waals surface area contributed by atoms with E-state index < -0.39 is 0 Å². The number of hydrogen-bond acceptors (Lipinski definition) is 4. The first-order valence-corrected chi connectivity index (χ1v) is 7.47. The van der Waals surface area contributed by atoms with E-state index in [-0.39, 0.29) is 18.4 Å². The average Bonchev–Trinajstić information content (AvgIpc) is 3.09. The molecule has 23 heavy (non-hydrogen) atoms. The van der Waals surface area contributed by atoms with E-state index in [0.717, 1.165) is 5.75 Å². The van der Waals surface area contributed by atoms with Crippen LogP contribution < -0.4 is 15.4 Å². The van der Waals surface area contributed by atoms with Crippen LogP contribution in [-0.2, 0) is 16.1 Å². The summed E-state index contributed by atoms with van der Waals surface area (Å²) in [5, 5.41) is 5.23. The third kappa shape index (κ3) is 6.69. The van der Waals surface area contributed by atoms with E-state index in [1.165, 1.54) is 0 Å². The van der Waals surface area contributed by atoms with Crippen molar-refractivity contribution in [2.45, 2.75) is 19.4 Å². The molecule has 1 aromatic carbocycles. The second-order valence-electron chi connectivity index (χ2n) is 4.90. The fourth-order valence-electron chi connectivity index (χ4n) is 1.87. The summed E-state index contributed by atoms with van der Waals surface area (Å²) in [4.78, 5) is 23.2. The number of hydrogen-bond donors (Lipinski definition) is 2. The molecule has 122 valence electrons. The van der Waals surface area contributed by atoms with Crippen LogP contribution in [0.1, 0.15) is 18.6 Å². The standard InChI is InChI=1S/C17H20N2O4/c20-16(9-5-11-22-14-6-2-1-3-7-14)19-13-17(21)18-12-15-8-4-10-23-15/h1-4,6-8,10H,5,9,11-13H2,(H,18,21)(H,19,20). The first-order valence-electron chi connectivity index (χ1n) is 7.47. The molecule has 0 atom stereocenters. The zero-order chi connectivity index (χ0) is 16.3. The lowest BCUT2D eigenvalue weighted by Gasteiger charge is -2.07. The summed E-state index contributed by atoms with van der Waals surface area (Å²) in [7, 11) is 0. The van der Waals surface area contributed by atoms with E-state index in [0.29, 0.717) is 31.8 Å². The predicted molar refractivity (Wildman–Crippen MR) is 84.7 cm³/mol. The van der Waals surface area contributed by atoms with Gasteiger partial charge >= 0.3 is 0 Å². The van der Waals surface area contributed by atoms with Crippen LogP contribution in [-0.4, -0.2) is 25.0 Å². The highest BCUT2D eigenvalue weighted by Crippen LogP contribution is 2.08. The first kappa shape index (κ1) is 16.6. The summed E-state index contributed by atoms with van der Waals surface area (Å²) in [5.41, 5.74) is 0. The molecule has 0 fully saturated rings. The third-order valence-electron chi connectivity index (χ3n) is 3.05. The van der Waals surface area contributed by atoms with Crippen LogP contribution in [0.5, 0.6) is 5.75 Å². The summed E-state index contributed by atoms with van der Waals surface area (Å²) in [6.07, 6.45) is 2.45. The van der Waals surface area contributed by atoms with Crippen LogP contribution in [0.2, 0.25) is 0 Å². The van der Waals surface area contributed by atoms with Crippen LogP contribution in [0.3, 0.4) is 0 Å². The lowest BCUT2D eigenvalue weighted by molar-refractivity contribution is -0.126. The van der Waals surface area contributed by atoms with Crippen molar-refractivity contribution in [1.29, 1.82) is 0 Å². The van der Waals surface area contributed by atoms with Gasteiger partial charge in [0.1, 0.15) is 11.5 Å². The topological polar surface area (TPSA) is 80.6 Å². The molecule has 2 aromatic rings. The van der Waals surface area contributed by atoms with Gasteiger partial charge in [-0.3, -0.25) is 9.59 Å². The van der Waals surface area contributed by atoms with E-state index >= 15 is 0 Å². The van der Waals surface area contributed by atoms with Crippen molar-refractivity contribution in [1.82, 2.24) is 10.6 Å². The summed E-state index contributed by atoms with van der Waals surface area (Å²) < 4.78 is 10.6. The number of carbonyl (C=O) groups excluding carboxylic acids is 2. The summed E-state index contributed by atoms with van der Waals surface area (Å²) in [6, 6.07) is 12.9. The van der Waals surface area contributed by atoms with Crippen LogP contribution >= 0.6 is 0 Å². The smallest absolute Gasteiger partial charge is 0.239 e. The number of para-hydroxylation sites is 1. The molecule has 2 N–H and O–H groups in total. The molecule has 0 spiro atoms. The average molecular weight is 316 g/mol. The Morgan fingerprint density at radius 3 is 2.57 bits per heavy atom. The zero-order valence-corrected chi connectivity index (χ0v) is 12.8. The summed E-state index contributed by atoms with van der Waals surface area (Å²) >= 11 is 0. The SMILES string of the molecule is O=C(CCCOc1ccccc1)NCC(=O)NCc1ccco1. The molecule has 0 aliphatic carbocycles. The number of nitrogens with one attached hydrogen (secondary N) is 2. The minimum Gasteiger partial charge on any atom is -0.494 e. The lowest BCUT2D eigenvalue weighted by Crippen LogP contribution is -2.36. The fourth-order valence-corrected chi connectivity index (χ4v) is 1.87. The second-order valence-corrected chi connectivity index (χ2v) is 4.90. The molecule has 6 heteroatoms. The van der Waals surface area contributed by atoms with Crippen molar-refractivity contribution in [2.24, 2.45) is 0 Å². The van der Waals surface area contributed by atoms with Gasteiger partial charge in [-0.25, -0.2) is 0 Å². The van der Waals surface area contributed by atoms with Crippen molar-refractivity contribution >= 4 is 11.8 Å². The Balaban J connectivity index is 1.51. The molecular formula is C17H20N2O4. The van der Waals surface area contributed by atoms with Gasteiger partial charge < -0.3 is 19.8 Å². The summed E-state index contributed by atoms with van der Waals surface area (Å²) in [6.45, 7) is 0.730. The van der Waals surface area contributed by atoms with Crippen molar-refractivity contribution in [3.05, 3.63) is 54.5 Å². The first-order chi connectivity index (χ1) is 11.2. The minimum atomic E-state index is -0.254. The Hall–Kier alpha value is -2.76. The molecule has 0 aliphatic heterocycles. The van der Waals surface area contributed by atoms with Crippen molar-refractivity contribution in [3.63, 3.8) is 0 Å². The highest BCUT2D eigenvalue weighted by Gasteiger charge is 2.06. The van der Waals surface area contributed by atoms with Crippen LogP contribution in [0, 0.1) is 0 Å². The van der Waals surface area contributed by atoms with E-state index in [9.17, 15) is 9.59 Å². The highest BCUT2D eigenvalue weighted by molar-refractivity contribution is 5.84. The number of carbonyl (C=O) groups is 2. The number of rotatable bonds is 9. The molecule has 0 saturated carbocycles. The van der Waals surface area contributed by atoms with E-state index in [2.05, 4.69) is 10.6 Å². The molecule has 0 unspecified atom stereocenters. The quantitative estimate of drug-likeness (QED) is 0.692. The highest BCUT2D eigenvalue weighted by atomic mass is 16.5. The number of benzene rings is 1. The van der Waals surface area contributed by atoms with Gasteiger partial charge in [-0.1, -0.05) is 18.2 Å². The van der Waals surface area contributed by atoms with E-state index in [1.807, 2.05) is 30.3 Å². The Morgan fingerprint density at radius 2 is 1.83 bits per heavy atom. The maximum atomic E-state index is 11.6. The van der Waals surface area contributed by atoms with Crippen molar-refractivity contribution in [2.75, 3.05) is 13.2 Å². The van der Waals surface area contributed by atoms with Crippen LogP contribution in [0.25, 0.3) is 0 Å². The molecule has 0 aliphatic rings. The van der Waals surface area contributed by atoms with E-state index in [4.69, 9.17) is 9.15 Å². The van der Waals surface area contributed by atoms with Crippen molar-refractivity contribution < 1.29 is 18.7 Å². The Kier molecular flexibility index (Phi) is 6.71. The third-order valence-corrected chi connectivity index (χ3v) is 3.05. The molecular weight excluding hydrogens is 296 g/mol. The Morgan fingerprint density at radius 1 is 1.00 bits per heavy atom. The zero-order valence-electron chi connectivity index (χ0n) is 12.8. The monoisotopic (exact) mass is 316 g/mol. The minimum absolute atomic E-state index is 0.0426. The molecule has 1 aromatic heterocycles. The normalized spacial score (nSPS) is 10.1. The maximum absolute atomic E-state index is 11.6. The number of furan rings is 1. The molecule has 0 bridgehead atoms. The largest absolute Gasteiger partial charge is 0.494 e. The number of ether oxygens (including phenoxy) is 1. The Labute approximate surface area is 134 Å². The van der Waals surface area contributed by atoms with Gasteiger partial charge in [0.15, 0.2) is 0 Å². The fraction of sp³-hybridized carbons (Fsp3) is 0.294. The molecule has 0 radical (unpaired) electrons. The Bertz CT molecular complexity index is 596. The van der Waals surface area contributed by atoms with Crippen LogP contribution in [0.15, 0.2) is 53.1 Å². The molecule has 1 heterocycles.